The van der Waals surface area contributed by atoms with Crippen LogP contribution < -0.4 is 5.84 Å². The molecule has 0 aliphatic rings. The van der Waals surface area contributed by atoms with Gasteiger partial charge in [0, 0.05) is 17.1 Å². The molecule has 0 unspecified atom stereocenters. The van der Waals surface area contributed by atoms with E-state index in [0.29, 0.717) is 0 Å². The Morgan fingerprint density at radius 2 is 1.80 bits per heavy atom. The van der Waals surface area contributed by atoms with Crippen LogP contribution in [0.4, 0.5) is 0 Å². The summed E-state index contributed by atoms with van der Waals surface area (Å²) < 4.78 is 0. The van der Waals surface area contributed by atoms with E-state index in [9.17, 15) is 0 Å². The second-order valence-electron chi connectivity index (χ2n) is 0.303. The summed E-state index contributed by atoms with van der Waals surface area (Å²) in [6, 6.07) is 0. The summed E-state index contributed by atoms with van der Waals surface area (Å²) >= 11 is 0. The Bertz CT molecular complexity index is 30.6. The molecule has 5 heteroatoms. The zero-order chi connectivity index (χ0) is 3.58. The normalized spacial score (nSPS) is 4.80. The van der Waals surface area contributed by atoms with Crippen LogP contribution in [0, 0.1) is 4.91 Å². The molecule has 0 bridgehead atoms. The van der Waals surface area contributed by atoms with E-state index >= 15 is 0 Å². The number of hydrogen-bond donors (Lipinski definition) is 2. The average Bonchev–Trinajstić information content (AvgIpc) is 0.811. The van der Waals surface area contributed by atoms with Gasteiger partial charge in [0.05, 0.1) is 0 Å². The van der Waals surface area contributed by atoms with Crippen molar-refractivity contribution >= 4 is 0 Å². The molecule has 5 heavy (non-hydrogen) atoms. The number of nitrogens with two attached hydrogens (primary N) is 1. The van der Waals surface area contributed by atoms with Crippen LogP contribution in [0.2, 0.25) is 0 Å². The summed E-state index contributed by atoms with van der Waals surface area (Å²) in [6.07, 6.45) is 0. The fourth-order valence-corrected chi connectivity index (χ4v) is 0. The third kappa shape index (κ3) is 140. The smallest absolute Gasteiger partial charge is 0.219 e. The van der Waals surface area contributed by atoms with Crippen LogP contribution in [0.5, 0.6) is 0 Å². The molecule has 0 atom stereocenters. The molecule has 0 saturated carbocycles. The van der Waals surface area contributed by atoms with Crippen LogP contribution in [0.15, 0.2) is 0 Å². The maximum absolute atomic E-state index is 8.69. The summed E-state index contributed by atoms with van der Waals surface area (Å²) in [5, 5.41) is 6.36. The summed E-state index contributed by atoms with van der Waals surface area (Å²) in [6.45, 7) is 0. The van der Waals surface area contributed by atoms with Crippen LogP contribution in [0.3, 0.4) is 0 Å². The molecule has 0 saturated heterocycles. The van der Waals surface area contributed by atoms with E-state index in [1.165, 1.54) is 0 Å². The van der Waals surface area contributed by atoms with Gasteiger partial charge < -0.3 is 0 Å². The third-order valence-corrected chi connectivity index (χ3v) is 0. The van der Waals surface area contributed by atoms with Gasteiger partial charge in [-0.05, 0) is 0 Å². The summed E-state index contributed by atoms with van der Waals surface area (Å²) in [4.78, 5) is 8.69. The predicted molar refractivity (Wildman–Crippen MR) is 9.60 cm³/mol. The van der Waals surface area contributed by atoms with Crippen molar-refractivity contribution in [1.82, 2.24) is 0 Å². The quantitative estimate of drug-likeness (QED) is 0.249. The fourth-order valence-electron chi connectivity index (χ4n) is 0. The van der Waals surface area contributed by atoms with Crippen molar-refractivity contribution in [2.45, 2.75) is 0 Å². The number of nitrogens with zero attached hydrogens (tertiary/aromatic N) is 1. The maximum Gasteiger partial charge on any atom is 0.352 e. The molecular weight excluding hydrogens is 124 g/mol. The number of hydrogen-bond acceptors (Lipinski definition) is 1. The molecule has 4 nitrogen and oxygen atoms in total. The Morgan fingerprint density at radius 1 is 1.80 bits per heavy atom. The first-order valence-corrected chi connectivity index (χ1v) is 0.641. The molecule has 0 amide bonds. The van der Waals surface area contributed by atoms with Crippen molar-refractivity contribution in [2.75, 3.05) is 0 Å². The molecule has 0 fully saturated rings. The molecule has 0 aliphatic carbocycles. The van der Waals surface area contributed by atoms with Gasteiger partial charge in [-0.2, -0.15) is 0 Å². The SMILES string of the molecule is N[N+](=O)O.[Cu]. The molecule has 1 radical (unpaired) electrons. The fraction of sp³-hybridized carbons (Fsp3) is 0. The molecule has 0 aliphatic heterocycles. The Hall–Kier alpha value is -0.281. The third-order valence-electron chi connectivity index (χ3n) is 0. The molecule has 0 aromatic heterocycles. The van der Waals surface area contributed by atoms with Crippen LogP contribution in [0.1, 0.15) is 0 Å². The average molecular weight is 127 g/mol. The molecule has 0 aromatic carbocycles. The Kier molecular flexibility index (Phi) is 6.57. The molecular formula is H3CuN2O2+. The standard InChI is InChI=1S/Cu.H3N2O2/c;1-2(3)4/h;1H2,(H,3,4)/q;+1. The van der Waals surface area contributed by atoms with Gasteiger partial charge >= 0.3 is 5.03 Å². The summed E-state index contributed by atoms with van der Waals surface area (Å²) in [5.74, 6) is 3.94. The predicted octanol–water partition coefficient (Wildman–Crippen LogP) is -0.974. The molecule has 0 spiro atoms. The van der Waals surface area contributed by atoms with Crippen molar-refractivity contribution in [2.24, 2.45) is 5.84 Å². The second kappa shape index (κ2) is 3.72. The van der Waals surface area contributed by atoms with E-state index in [1.807, 2.05) is 0 Å². The molecule has 0 rings (SSSR count). The molecule has 0 heterocycles. The van der Waals surface area contributed by atoms with Crippen molar-refractivity contribution in [3.8, 4) is 0 Å². The minimum Gasteiger partial charge on any atom is -0.219 e. The van der Waals surface area contributed by atoms with Gasteiger partial charge in [-0.1, -0.05) is 0 Å². The van der Waals surface area contributed by atoms with Crippen molar-refractivity contribution in [3.63, 3.8) is 0 Å². The van der Waals surface area contributed by atoms with Crippen LogP contribution in [0.25, 0.3) is 0 Å². The van der Waals surface area contributed by atoms with Gasteiger partial charge in [-0.25, -0.2) is 5.21 Å². The van der Waals surface area contributed by atoms with Crippen molar-refractivity contribution < 1.29 is 27.3 Å². The van der Waals surface area contributed by atoms with Gasteiger partial charge in [0.15, 0.2) is 0 Å². The van der Waals surface area contributed by atoms with Gasteiger partial charge in [-0.3, -0.25) is 0 Å². The maximum atomic E-state index is 8.69. The van der Waals surface area contributed by atoms with Crippen molar-refractivity contribution in [1.29, 1.82) is 0 Å². The first-order valence-electron chi connectivity index (χ1n) is 0.641. The Morgan fingerprint density at radius 3 is 1.80 bits per heavy atom. The zero-order valence-electron chi connectivity index (χ0n) is 2.18. The largest absolute Gasteiger partial charge is 0.352 e. The molecule has 35 valence electrons. The minimum absolute atomic E-state index is 0. The minimum atomic E-state index is -0.750. The Labute approximate surface area is 38.9 Å². The first-order chi connectivity index (χ1) is 1.73. The first kappa shape index (κ1) is 8.83. The van der Waals surface area contributed by atoms with E-state index in [2.05, 4.69) is 5.84 Å². The monoisotopic (exact) mass is 126 g/mol. The van der Waals surface area contributed by atoms with E-state index < -0.39 is 5.03 Å². The second-order valence-corrected chi connectivity index (χ2v) is 0.303. The van der Waals surface area contributed by atoms with Crippen molar-refractivity contribution in [3.05, 3.63) is 4.91 Å². The summed E-state index contributed by atoms with van der Waals surface area (Å²) in [7, 11) is 0. The van der Waals surface area contributed by atoms with Crippen LogP contribution in [-0.2, 0) is 17.1 Å². The van der Waals surface area contributed by atoms with E-state index in [0.717, 1.165) is 0 Å². The van der Waals surface area contributed by atoms with Gasteiger partial charge in [0.2, 0.25) is 0 Å². The van der Waals surface area contributed by atoms with E-state index in [4.69, 9.17) is 10.1 Å². The molecule has 3 N–H and O–H groups in total. The van der Waals surface area contributed by atoms with Crippen LogP contribution in [-0.4, -0.2) is 10.2 Å². The van der Waals surface area contributed by atoms with Gasteiger partial charge in [0.25, 0.3) is 0 Å². The molecule has 0 aromatic rings. The summed E-state index contributed by atoms with van der Waals surface area (Å²) in [5.41, 5.74) is 0. The zero-order valence-corrected chi connectivity index (χ0v) is 3.12. The van der Waals surface area contributed by atoms with Gasteiger partial charge in [-0.15, -0.1) is 5.84 Å². The van der Waals surface area contributed by atoms with E-state index in [-0.39, 0.29) is 17.1 Å². The topological polar surface area (TPSA) is 66.3 Å². The van der Waals surface area contributed by atoms with Crippen LogP contribution >= 0.6 is 0 Å². The van der Waals surface area contributed by atoms with E-state index in [1.54, 1.807) is 0 Å². The number of hydrazine groups is 1. The Balaban J connectivity index is 0. The number of rotatable bonds is 0. The van der Waals surface area contributed by atoms with Gasteiger partial charge in [0.1, 0.15) is 4.91 Å².